The minimum absolute atomic E-state index is 0.106. The smallest absolute Gasteiger partial charge is 0.408 e. The molecule has 0 aliphatic rings. The average Bonchev–Trinajstić information content (AvgIpc) is 3.10. The van der Waals surface area contributed by atoms with Crippen molar-refractivity contribution in [2.45, 2.75) is 84.1 Å². The molecule has 1 aromatic heterocycles. The summed E-state index contributed by atoms with van der Waals surface area (Å²) in [4.78, 5) is 52.7. The first-order valence-electron chi connectivity index (χ1n) is 11.4. The van der Waals surface area contributed by atoms with E-state index in [0.717, 1.165) is 16.5 Å². The summed E-state index contributed by atoms with van der Waals surface area (Å²) in [6.07, 6.45) is 0.544. The van der Waals surface area contributed by atoms with E-state index in [1.54, 1.807) is 47.7 Å². The fraction of sp³-hybridized carbons (Fsp3) is 0.520. The van der Waals surface area contributed by atoms with Crippen molar-refractivity contribution in [3.8, 4) is 0 Å². The van der Waals surface area contributed by atoms with Crippen LogP contribution in [0.25, 0.3) is 10.9 Å². The summed E-state index contributed by atoms with van der Waals surface area (Å²) in [5, 5.41) is 15.1. The zero-order valence-corrected chi connectivity index (χ0v) is 21.1. The third kappa shape index (κ3) is 9.30. The Kier molecular flexibility index (Phi) is 8.89. The largest absolute Gasteiger partial charge is 0.481 e. The Morgan fingerprint density at radius 2 is 1.57 bits per heavy atom. The normalized spacial score (nSPS) is 13.5. The summed E-state index contributed by atoms with van der Waals surface area (Å²) in [5.74, 6) is -2.53. The van der Waals surface area contributed by atoms with Crippen LogP contribution in [0.3, 0.4) is 0 Å². The van der Waals surface area contributed by atoms with Crippen molar-refractivity contribution in [3.63, 3.8) is 0 Å². The molecule has 2 atom stereocenters. The van der Waals surface area contributed by atoms with Gasteiger partial charge in [0.05, 0.1) is 0 Å². The molecule has 0 bridgehead atoms. The minimum Gasteiger partial charge on any atom is -0.481 e. The van der Waals surface area contributed by atoms with Gasteiger partial charge < -0.3 is 30.2 Å². The van der Waals surface area contributed by atoms with Gasteiger partial charge >= 0.3 is 18.0 Å². The number of fused-ring (bicyclic) bond motifs is 1. The number of carboxylic acid groups (broad SMARTS) is 1. The molecule has 4 N–H and O–H groups in total. The highest BCUT2D eigenvalue weighted by Gasteiger charge is 2.31. The molecule has 192 valence electrons. The van der Waals surface area contributed by atoms with Gasteiger partial charge in [0.1, 0.15) is 23.3 Å². The van der Waals surface area contributed by atoms with E-state index in [1.807, 2.05) is 24.3 Å². The van der Waals surface area contributed by atoms with Crippen molar-refractivity contribution < 1.29 is 33.8 Å². The van der Waals surface area contributed by atoms with Crippen molar-refractivity contribution in [2.24, 2.45) is 0 Å². The summed E-state index contributed by atoms with van der Waals surface area (Å²) in [6, 6.07) is 5.21. The number of aliphatic carboxylic acids is 1. The molecule has 0 saturated carbocycles. The maximum atomic E-state index is 13.3. The molecular formula is C25H35N3O7. The number of carbonyl (C=O) groups is 4. The topological polar surface area (TPSA) is 147 Å². The van der Waals surface area contributed by atoms with Gasteiger partial charge in [-0.25, -0.2) is 9.59 Å². The van der Waals surface area contributed by atoms with Crippen molar-refractivity contribution in [3.05, 3.63) is 36.0 Å². The second-order valence-electron chi connectivity index (χ2n) is 10.3. The first kappa shape index (κ1) is 27.7. The Morgan fingerprint density at radius 3 is 2.17 bits per heavy atom. The highest BCUT2D eigenvalue weighted by Crippen LogP contribution is 2.20. The van der Waals surface area contributed by atoms with Crippen LogP contribution < -0.4 is 10.6 Å². The van der Waals surface area contributed by atoms with E-state index < -0.39 is 47.2 Å². The number of hydrogen-bond acceptors (Lipinski definition) is 6. The number of aromatic nitrogens is 1. The van der Waals surface area contributed by atoms with Crippen molar-refractivity contribution in [1.82, 2.24) is 15.6 Å². The van der Waals surface area contributed by atoms with Gasteiger partial charge in [0, 0.05) is 29.9 Å². The second-order valence-corrected chi connectivity index (χ2v) is 10.3. The zero-order valence-electron chi connectivity index (χ0n) is 21.1. The second kappa shape index (κ2) is 11.2. The number of benzene rings is 1. The van der Waals surface area contributed by atoms with E-state index in [4.69, 9.17) is 14.6 Å². The molecule has 35 heavy (non-hydrogen) atoms. The number of rotatable bonds is 9. The molecule has 2 amide bonds. The molecular weight excluding hydrogens is 454 g/mol. The maximum Gasteiger partial charge on any atom is 0.408 e. The monoisotopic (exact) mass is 489 g/mol. The van der Waals surface area contributed by atoms with Gasteiger partial charge in [-0.05, 0) is 59.6 Å². The number of esters is 1. The number of nitrogens with one attached hydrogen (secondary N) is 3. The summed E-state index contributed by atoms with van der Waals surface area (Å²) < 4.78 is 10.7. The standard InChI is InChI=1S/C25H35N3O7/c1-24(2,3)34-22(32)18(11-12-20(29)30)27-21(31)19(28-23(33)35-25(4,5)6)13-15-14-26-17-10-8-7-9-16(15)17/h7-10,14,18-19,26H,11-13H2,1-6H3,(H,27,31)(H,28,33)(H,29,30). The Labute approximate surface area is 204 Å². The molecule has 1 aromatic carbocycles. The lowest BCUT2D eigenvalue weighted by Gasteiger charge is -2.27. The molecule has 2 unspecified atom stereocenters. The molecule has 0 saturated heterocycles. The zero-order chi connectivity index (χ0) is 26.4. The quantitative estimate of drug-likeness (QED) is 0.395. The van der Waals surface area contributed by atoms with Gasteiger partial charge in [-0.1, -0.05) is 18.2 Å². The molecule has 0 spiro atoms. The number of para-hydroxylation sites is 1. The summed E-state index contributed by atoms with van der Waals surface area (Å²) in [6.45, 7) is 10.1. The molecule has 1 heterocycles. The highest BCUT2D eigenvalue weighted by molar-refractivity contribution is 5.91. The van der Waals surface area contributed by atoms with Crippen molar-refractivity contribution >= 4 is 34.8 Å². The van der Waals surface area contributed by atoms with E-state index in [9.17, 15) is 19.2 Å². The van der Waals surface area contributed by atoms with E-state index in [2.05, 4.69) is 15.6 Å². The van der Waals surface area contributed by atoms with Crippen LogP contribution in [0.1, 0.15) is 59.9 Å². The molecule has 0 fully saturated rings. The lowest BCUT2D eigenvalue weighted by atomic mass is 10.0. The van der Waals surface area contributed by atoms with Crippen LogP contribution in [0, 0.1) is 0 Å². The molecule has 10 heteroatoms. The van der Waals surface area contributed by atoms with Crippen LogP contribution in [-0.2, 0) is 30.3 Å². The highest BCUT2D eigenvalue weighted by atomic mass is 16.6. The SMILES string of the molecule is CC(C)(C)OC(=O)NC(Cc1c[nH]c2ccccc12)C(=O)NC(CCC(=O)O)C(=O)OC(C)(C)C. The molecule has 2 rings (SSSR count). The molecule has 0 radical (unpaired) electrons. The first-order chi connectivity index (χ1) is 16.1. The van der Waals surface area contributed by atoms with Gasteiger partial charge in [0.25, 0.3) is 0 Å². The fourth-order valence-corrected chi connectivity index (χ4v) is 3.34. The minimum atomic E-state index is -1.20. The molecule has 0 aliphatic heterocycles. The van der Waals surface area contributed by atoms with Gasteiger partial charge in [0.2, 0.25) is 5.91 Å². The lowest BCUT2D eigenvalue weighted by molar-refractivity contribution is -0.159. The van der Waals surface area contributed by atoms with E-state index in [0.29, 0.717) is 0 Å². The Balaban J connectivity index is 2.28. The van der Waals surface area contributed by atoms with Crippen LogP contribution in [0.15, 0.2) is 30.5 Å². The van der Waals surface area contributed by atoms with Gasteiger partial charge in [-0.2, -0.15) is 0 Å². The van der Waals surface area contributed by atoms with Crippen LogP contribution in [0.5, 0.6) is 0 Å². The summed E-state index contributed by atoms with van der Waals surface area (Å²) in [5.41, 5.74) is 0.0247. The van der Waals surface area contributed by atoms with Crippen LogP contribution in [-0.4, -0.2) is 57.3 Å². The Hall–Kier alpha value is -3.56. The average molecular weight is 490 g/mol. The maximum absolute atomic E-state index is 13.3. The van der Waals surface area contributed by atoms with E-state index >= 15 is 0 Å². The number of amides is 2. The summed E-state index contributed by atoms with van der Waals surface area (Å²) in [7, 11) is 0. The van der Waals surface area contributed by atoms with Gasteiger partial charge in [0.15, 0.2) is 0 Å². The predicted molar refractivity (Wildman–Crippen MR) is 130 cm³/mol. The van der Waals surface area contributed by atoms with E-state index in [1.165, 1.54) is 0 Å². The Bertz CT molecular complexity index is 1060. The van der Waals surface area contributed by atoms with Crippen molar-refractivity contribution in [2.75, 3.05) is 0 Å². The van der Waals surface area contributed by atoms with Crippen LogP contribution >= 0.6 is 0 Å². The number of H-pyrrole nitrogens is 1. The Morgan fingerprint density at radius 1 is 0.943 bits per heavy atom. The summed E-state index contributed by atoms with van der Waals surface area (Å²) >= 11 is 0. The fourth-order valence-electron chi connectivity index (χ4n) is 3.34. The number of alkyl carbamates (subject to hydrolysis) is 1. The van der Waals surface area contributed by atoms with Crippen molar-refractivity contribution in [1.29, 1.82) is 0 Å². The van der Waals surface area contributed by atoms with Gasteiger partial charge in [-0.3, -0.25) is 9.59 Å². The van der Waals surface area contributed by atoms with Crippen LogP contribution in [0.2, 0.25) is 0 Å². The number of aromatic amines is 1. The lowest BCUT2D eigenvalue weighted by Crippen LogP contribution is -2.54. The van der Waals surface area contributed by atoms with Gasteiger partial charge in [-0.15, -0.1) is 0 Å². The predicted octanol–water partition coefficient (Wildman–Crippen LogP) is 3.30. The third-order valence-electron chi connectivity index (χ3n) is 4.76. The van der Waals surface area contributed by atoms with Crippen LogP contribution in [0.4, 0.5) is 4.79 Å². The first-order valence-corrected chi connectivity index (χ1v) is 11.4. The number of ether oxygens (including phenoxy) is 2. The molecule has 0 aliphatic carbocycles. The van der Waals surface area contributed by atoms with E-state index in [-0.39, 0.29) is 19.3 Å². The number of carboxylic acids is 1. The molecule has 10 nitrogen and oxygen atoms in total. The molecule has 2 aromatic rings. The number of hydrogen-bond donors (Lipinski definition) is 4. The number of carbonyl (C=O) groups excluding carboxylic acids is 3. The third-order valence-corrected chi connectivity index (χ3v) is 4.76.